The quantitative estimate of drug-likeness (QED) is 0.0687. The molecule has 6 rings (SSSR count). The number of benzene rings is 3. The molecule has 0 aliphatic carbocycles. The fourth-order valence-electron chi connectivity index (χ4n) is 9.73. The van der Waals surface area contributed by atoms with Crippen LogP contribution in [0.5, 0.6) is 0 Å². The van der Waals surface area contributed by atoms with Crippen LogP contribution in [-0.2, 0) is 52.5 Å². The number of methoxy groups -OCH3 is 1. The third kappa shape index (κ3) is 13.4. The van der Waals surface area contributed by atoms with Gasteiger partial charge in [0.05, 0.1) is 26.9 Å². The lowest BCUT2D eigenvalue weighted by molar-refractivity contribution is -0.148. The number of esters is 1. The van der Waals surface area contributed by atoms with Gasteiger partial charge in [-0.1, -0.05) is 126 Å². The highest BCUT2D eigenvalue weighted by Crippen LogP contribution is 2.43. The molecule has 3 aromatic rings. The van der Waals surface area contributed by atoms with Crippen LogP contribution in [0.3, 0.4) is 0 Å². The van der Waals surface area contributed by atoms with Gasteiger partial charge in [0.25, 0.3) is 0 Å². The van der Waals surface area contributed by atoms with Crippen molar-refractivity contribution in [3.63, 3.8) is 0 Å². The molecule has 0 unspecified atom stereocenters. The lowest BCUT2D eigenvalue weighted by Crippen LogP contribution is -2.69. The van der Waals surface area contributed by atoms with Gasteiger partial charge in [-0.25, -0.2) is 9.59 Å². The molecule has 0 bridgehead atoms. The molecule has 0 radical (unpaired) electrons. The van der Waals surface area contributed by atoms with Crippen molar-refractivity contribution in [1.82, 2.24) is 31.9 Å². The number of nitrogens with one attached hydrogen (secondary N) is 6. The Labute approximate surface area is 463 Å². The van der Waals surface area contributed by atoms with Crippen molar-refractivity contribution in [2.24, 2.45) is 17.8 Å². The first-order chi connectivity index (χ1) is 35.3. The van der Waals surface area contributed by atoms with E-state index >= 15 is 19.2 Å². The normalized spacial score (nSPS) is 24.7. The van der Waals surface area contributed by atoms with Crippen LogP contribution in [0.4, 0.5) is 4.79 Å². The Morgan fingerprint density at radius 2 is 0.800 bits per heavy atom. The van der Waals surface area contributed by atoms with Gasteiger partial charge in [-0.3, -0.25) is 24.0 Å². The summed E-state index contributed by atoms with van der Waals surface area (Å²) in [6.45, 7) is 15.7. The average Bonchev–Trinajstić information content (AvgIpc) is 4.09. The van der Waals surface area contributed by atoms with Crippen molar-refractivity contribution in [2.75, 3.05) is 26.9 Å². The van der Waals surface area contributed by atoms with E-state index in [-0.39, 0.29) is 39.1 Å². The molecule has 0 saturated carbocycles. The van der Waals surface area contributed by atoms with Gasteiger partial charge in [-0.15, -0.1) is 0 Å². The molecule has 6 N–H and O–H groups in total. The van der Waals surface area contributed by atoms with Gasteiger partial charge in [0, 0.05) is 32.7 Å². The summed E-state index contributed by atoms with van der Waals surface area (Å²) in [5.74, 6) is -5.95. The molecule has 0 spiro atoms. The smallest absolute Gasteiger partial charge is 0.408 e. The predicted octanol–water partition coefficient (Wildman–Crippen LogP) is 7.33. The highest BCUT2D eigenvalue weighted by molar-refractivity contribution is 9.11. The Hall–Kier alpha value is -4.93. The summed E-state index contributed by atoms with van der Waals surface area (Å²) in [6.07, 6.45) is -4.02. The van der Waals surface area contributed by atoms with Crippen molar-refractivity contribution in [1.29, 1.82) is 0 Å². The Bertz CT molecular complexity index is 2560. The van der Waals surface area contributed by atoms with Gasteiger partial charge in [-0.2, -0.15) is 0 Å². The Kier molecular flexibility index (Phi) is 19.5. The summed E-state index contributed by atoms with van der Waals surface area (Å²) in [7, 11) is 1.22. The van der Waals surface area contributed by atoms with Gasteiger partial charge in [0.2, 0.25) is 29.5 Å². The minimum Gasteiger partial charge on any atom is -0.467 e. The van der Waals surface area contributed by atoms with Crippen LogP contribution in [0.25, 0.3) is 0 Å². The molecular formula is C54H69Br3N6O12. The molecule has 3 aliphatic rings. The lowest BCUT2D eigenvalue weighted by Gasteiger charge is -2.39. The maximum absolute atomic E-state index is 15.5. The number of halogens is 3. The van der Waals surface area contributed by atoms with E-state index in [1.807, 2.05) is 0 Å². The minimum absolute atomic E-state index is 0.00240. The van der Waals surface area contributed by atoms with E-state index in [1.54, 1.807) is 135 Å². The molecule has 18 nitrogen and oxygen atoms in total. The Morgan fingerprint density at radius 1 is 0.507 bits per heavy atom. The number of amides is 6. The summed E-state index contributed by atoms with van der Waals surface area (Å²) in [5.41, 5.74) is -4.66. The van der Waals surface area contributed by atoms with Crippen LogP contribution >= 0.6 is 47.8 Å². The SMILES string of the molecule is COC(=O)[C@@H](NC(=O)[C@@]1(NC(=O)[C@@H](NC(=O)[C@@]2(NC(=O)[C@@H](NC(=O)[C@@]3(NC(=O)OC(C)(C)C)CCO[C@H]3c3ccc(Br)cc3)C(C)C)CCO[C@H]2c2ccc(Br)cc2)C(C)C)CCO[C@H]1c1ccc(Br)cc1)C(C)C. The fourth-order valence-corrected chi connectivity index (χ4v) is 10.5. The molecule has 75 heavy (non-hydrogen) atoms. The van der Waals surface area contributed by atoms with Crippen molar-refractivity contribution in [3.05, 3.63) is 103 Å². The second kappa shape index (κ2) is 24.6. The maximum Gasteiger partial charge on any atom is 0.408 e. The molecule has 0 aromatic heterocycles. The topological polar surface area (TPSA) is 238 Å². The van der Waals surface area contributed by atoms with Crippen LogP contribution in [-0.4, -0.2) is 109 Å². The summed E-state index contributed by atoms with van der Waals surface area (Å²) in [5, 5.41) is 17.5. The van der Waals surface area contributed by atoms with Gasteiger partial charge >= 0.3 is 12.1 Å². The largest absolute Gasteiger partial charge is 0.467 e. The first kappa shape index (κ1) is 59.3. The molecule has 3 aliphatic heterocycles. The van der Waals surface area contributed by atoms with Gasteiger partial charge in [0.1, 0.15) is 42.0 Å². The zero-order valence-corrected chi connectivity index (χ0v) is 48.7. The summed E-state index contributed by atoms with van der Waals surface area (Å²) >= 11 is 10.4. The molecule has 408 valence electrons. The molecule has 6 amide bonds. The summed E-state index contributed by atoms with van der Waals surface area (Å²) < 4.78 is 31.7. The van der Waals surface area contributed by atoms with E-state index in [0.29, 0.717) is 16.7 Å². The number of ether oxygens (including phenoxy) is 5. The molecule has 3 saturated heterocycles. The first-order valence-electron chi connectivity index (χ1n) is 25.0. The van der Waals surface area contributed by atoms with Crippen molar-refractivity contribution < 1.29 is 57.2 Å². The molecule has 3 aromatic carbocycles. The minimum atomic E-state index is -1.89. The molecule has 21 heteroatoms. The summed E-state index contributed by atoms with van der Waals surface area (Å²) in [4.78, 5) is 102. The summed E-state index contributed by atoms with van der Waals surface area (Å²) in [6, 6.07) is 17.5. The Balaban J connectivity index is 1.36. The number of hydrogen-bond acceptors (Lipinski definition) is 12. The maximum atomic E-state index is 15.5. The highest BCUT2D eigenvalue weighted by Gasteiger charge is 2.58. The van der Waals surface area contributed by atoms with Gasteiger partial charge in [-0.05, 0) is 91.6 Å². The van der Waals surface area contributed by atoms with Crippen molar-refractivity contribution >= 4 is 89.4 Å². The molecule has 3 heterocycles. The third-order valence-electron chi connectivity index (χ3n) is 13.7. The number of rotatable bonds is 18. The van der Waals surface area contributed by atoms with Gasteiger partial charge < -0.3 is 55.6 Å². The van der Waals surface area contributed by atoms with Crippen LogP contribution in [0.15, 0.2) is 86.2 Å². The number of hydrogen-bond donors (Lipinski definition) is 6. The van der Waals surface area contributed by atoms with Crippen LogP contribution in [0.1, 0.15) is 117 Å². The van der Waals surface area contributed by atoms with E-state index in [1.165, 1.54) is 7.11 Å². The van der Waals surface area contributed by atoms with Crippen LogP contribution < -0.4 is 31.9 Å². The first-order valence-corrected chi connectivity index (χ1v) is 27.4. The van der Waals surface area contributed by atoms with E-state index in [2.05, 4.69) is 79.7 Å². The van der Waals surface area contributed by atoms with Crippen LogP contribution in [0, 0.1) is 17.8 Å². The number of carbonyl (C=O) groups excluding carboxylic acids is 7. The fraction of sp³-hybridized carbons (Fsp3) is 0.537. The van der Waals surface area contributed by atoms with E-state index in [4.69, 9.17) is 23.7 Å². The van der Waals surface area contributed by atoms with Crippen molar-refractivity contribution in [3.8, 4) is 0 Å². The second-order valence-electron chi connectivity index (χ2n) is 21.3. The average molecular weight is 1230 g/mol. The zero-order chi connectivity index (χ0) is 55.2. The Morgan fingerprint density at radius 3 is 1.08 bits per heavy atom. The number of alkyl carbamates (subject to hydrolysis) is 1. The standard InChI is InChI=1S/C54H69Br3N6O12/c1-29(2)38(44(64)62-53(48(68)60-40(31(5)6)46(66)71-10)24-27-73-42(53)33-13-19-36(56)20-14-33)58-47(67)52(23-26-72-41(52)32-11-17-35(55)18-12-32)61-45(65)39(30(3)4)59-49(69)54(63-50(70)75-51(7,8)9)25-28-74-43(54)34-15-21-37(57)22-16-34/h11-22,29-31,38-43H,23-28H2,1-10H3,(H,58,67)(H,59,69)(H,60,68)(H,61,65)(H,62,64)(H,63,70)/t38-,39-,40-,41-,42-,43-,52+,53+,54+/m0/s1. The van der Waals surface area contributed by atoms with E-state index < -0.39 is 118 Å². The predicted molar refractivity (Wildman–Crippen MR) is 289 cm³/mol. The third-order valence-corrected chi connectivity index (χ3v) is 15.3. The van der Waals surface area contributed by atoms with Crippen LogP contribution in [0.2, 0.25) is 0 Å². The second-order valence-corrected chi connectivity index (χ2v) is 24.0. The number of carbonyl (C=O) groups is 7. The van der Waals surface area contributed by atoms with Crippen molar-refractivity contribution in [2.45, 2.75) is 140 Å². The molecule has 3 fully saturated rings. The zero-order valence-electron chi connectivity index (χ0n) is 43.9. The monoisotopic (exact) mass is 1230 g/mol. The van der Waals surface area contributed by atoms with E-state index in [0.717, 1.165) is 13.4 Å². The molecular weight excluding hydrogens is 1160 g/mol. The molecule has 9 atom stereocenters. The van der Waals surface area contributed by atoms with E-state index in [9.17, 15) is 14.4 Å². The van der Waals surface area contributed by atoms with Gasteiger partial charge in [0.15, 0.2) is 16.6 Å². The highest BCUT2D eigenvalue weighted by atomic mass is 79.9. The lowest BCUT2D eigenvalue weighted by atomic mass is 9.83.